The fourth-order valence-electron chi connectivity index (χ4n) is 2.12. The van der Waals surface area contributed by atoms with Gasteiger partial charge in [0.2, 0.25) is 0 Å². The predicted molar refractivity (Wildman–Crippen MR) is 50.0 cm³/mol. The first-order valence-electron chi connectivity index (χ1n) is 4.72. The quantitative estimate of drug-likeness (QED) is 0.579. The van der Waals surface area contributed by atoms with Crippen molar-refractivity contribution in [3.8, 4) is 0 Å². The van der Waals surface area contributed by atoms with Gasteiger partial charge in [-0.15, -0.1) is 0 Å². The van der Waals surface area contributed by atoms with E-state index in [0.29, 0.717) is 6.10 Å². The topological polar surface area (TPSA) is 9.23 Å². The Bertz CT molecular complexity index is 237. The molecule has 0 N–H and O–H groups in total. The second kappa shape index (κ2) is 3.06. The lowest BCUT2D eigenvalue weighted by Gasteiger charge is -2.12. The van der Waals surface area contributed by atoms with Crippen molar-refractivity contribution >= 4 is 0 Å². The summed E-state index contributed by atoms with van der Waals surface area (Å²) in [5, 5.41) is 0. The van der Waals surface area contributed by atoms with Gasteiger partial charge in [0.25, 0.3) is 0 Å². The summed E-state index contributed by atoms with van der Waals surface area (Å²) in [6.45, 7) is 2.28. The molecule has 66 valence electrons. The highest BCUT2D eigenvalue weighted by atomic mass is 16.5. The fourth-order valence-corrected chi connectivity index (χ4v) is 2.12. The monoisotopic (exact) mass is 164 g/mol. The van der Waals surface area contributed by atoms with E-state index in [2.05, 4.69) is 19.1 Å². The van der Waals surface area contributed by atoms with Crippen molar-refractivity contribution in [3.05, 3.63) is 23.3 Å². The largest absolute Gasteiger partial charge is 0.381 e. The summed E-state index contributed by atoms with van der Waals surface area (Å²) >= 11 is 0. The molecule has 0 spiro atoms. The molecule has 2 unspecified atom stereocenters. The van der Waals surface area contributed by atoms with Gasteiger partial charge < -0.3 is 4.74 Å². The SMILES string of the molecule is COC1CC2=CCC(C)C=C2C1. The molecule has 2 aliphatic carbocycles. The van der Waals surface area contributed by atoms with Crippen molar-refractivity contribution < 1.29 is 4.74 Å². The Morgan fingerprint density at radius 3 is 2.83 bits per heavy atom. The smallest absolute Gasteiger partial charge is 0.0651 e. The molecule has 1 fully saturated rings. The van der Waals surface area contributed by atoms with E-state index >= 15 is 0 Å². The molecule has 12 heavy (non-hydrogen) atoms. The zero-order valence-electron chi connectivity index (χ0n) is 7.84. The van der Waals surface area contributed by atoms with Gasteiger partial charge in [0, 0.05) is 7.11 Å². The molecular weight excluding hydrogens is 148 g/mol. The lowest BCUT2D eigenvalue weighted by molar-refractivity contribution is 0.115. The van der Waals surface area contributed by atoms with Crippen LogP contribution in [0.3, 0.4) is 0 Å². The molecular formula is C11H16O. The summed E-state index contributed by atoms with van der Waals surface area (Å²) in [5.74, 6) is 0.736. The van der Waals surface area contributed by atoms with Gasteiger partial charge in [0.15, 0.2) is 0 Å². The molecule has 1 heteroatoms. The van der Waals surface area contributed by atoms with Gasteiger partial charge in [-0.1, -0.05) is 19.1 Å². The van der Waals surface area contributed by atoms with Gasteiger partial charge in [-0.2, -0.15) is 0 Å². The number of ether oxygens (including phenoxy) is 1. The van der Waals surface area contributed by atoms with Crippen LogP contribution in [0.25, 0.3) is 0 Å². The van der Waals surface area contributed by atoms with Crippen molar-refractivity contribution in [1.29, 1.82) is 0 Å². The van der Waals surface area contributed by atoms with Crippen molar-refractivity contribution in [2.45, 2.75) is 32.3 Å². The first kappa shape index (κ1) is 8.06. The van der Waals surface area contributed by atoms with Crippen LogP contribution >= 0.6 is 0 Å². The summed E-state index contributed by atoms with van der Waals surface area (Å²) in [6, 6.07) is 0. The Labute approximate surface area is 74.1 Å². The standard InChI is InChI=1S/C11H16O/c1-8-3-4-9-6-11(12-2)7-10(9)5-8/h4-5,8,11H,3,6-7H2,1-2H3. The summed E-state index contributed by atoms with van der Waals surface area (Å²) in [7, 11) is 1.81. The number of rotatable bonds is 1. The molecule has 2 aliphatic rings. The van der Waals surface area contributed by atoms with Crippen molar-refractivity contribution in [3.63, 3.8) is 0 Å². The Hall–Kier alpha value is -0.560. The van der Waals surface area contributed by atoms with Gasteiger partial charge in [-0.25, -0.2) is 0 Å². The number of fused-ring (bicyclic) bond motifs is 1. The molecule has 0 aromatic rings. The number of methoxy groups -OCH3 is 1. The number of hydrogen-bond donors (Lipinski definition) is 0. The number of allylic oxidation sites excluding steroid dienone is 2. The zero-order chi connectivity index (χ0) is 8.55. The van der Waals surface area contributed by atoms with Gasteiger partial charge in [0.1, 0.15) is 0 Å². The lowest BCUT2D eigenvalue weighted by Crippen LogP contribution is -2.02. The minimum atomic E-state index is 0.452. The summed E-state index contributed by atoms with van der Waals surface area (Å²) < 4.78 is 5.36. The molecule has 0 aliphatic heterocycles. The third kappa shape index (κ3) is 1.34. The van der Waals surface area contributed by atoms with Crippen molar-refractivity contribution in [1.82, 2.24) is 0 Å². The minimum absolute atomic E-state index is 0.452. The van der Waals surface area contributed by atoms with E-state index in [1.165, 1.54) is 6.42 Å². The summed E-state index contributed by atoms with van der Waals surface area (Å²) in [4.78, 5) is 0. The maximum atomic E-state index is 5.36. The van der Waals surface area contributed by atoms with Crippen LogP contribution in [0.1, 0.15) is 26.2 Å². The lowest BCUT2D eigenvalue weighted by atomic mass is 9.94. The third-order valence-electron chi connectivity index (χ3n) is 2.86. The van der Waals surface area contributed by atoms with Crippen LogP contribution in [0.2, 0.25) is 0 Å². The molecule has 1 saturated carbocycles. The molecule has 2 rings (SSSR count). The molecule has 0 aromatic heterocycles. The van der Waals surface area contributed by atoms with Crippen LogP contribution in [0.15, 0.2) is 23.3 Å². The molecule has 0 saturated heterocycles. The van der Waals surface area contributed by atoms with Crippen molar-refractivity contribution in [2.75, 3.05) is 7.11 Å². The predicted octanol–water partition coefficient (Wildman–Crippen LogP) is 2.69. The Morgan fingerprint density at radius 1 is 1.33 bits per heavy atom. The zero-order valence-corrected chi connectivity index (χ0v) is 7.84. The highest BCUT2D eigenvalue weighted by molar-refractivity contribution is 5.39. The van der Waals surface area contributed by atoms with E-state index in [0.717, 1.165) is 18.8 Å². The molecule has 0 heterocycles. The highest BCUT2D eigenvalue weighted by Gasteiger charge is 2.25. The van der Waals surface area contributed by atoms with Crippen LogP contribution in [-0.4, -0.2) is 13.2 Å². The van der Waals surface area contributed by atoms with Crippen LogP contribution < -0.4 is 0 Å². The first-order valence-corrected chi connectivity index (χ1v) is 4.72. The highest BCUT2D eigenvalue weighted by Crippen LogP contribution is 2.36. The Morgan fingerprint density at radius 2 is 2.08 bits per heavy atom. The fraction of sp³-hybridized carbons (Fsp3) is 0.636. The Balaban J connectivity index is 2.16. The Kier molecular flexibility index (Phi) is 2.05. The van der Waals surface area contributed by atoms with Crippen LogP contribution in [0.5, 0.6) is 0 Å². The molecule has 1 nitrogen and oxygen atoms in total. The van der Waals surface area contributed by atoms with Crippen LogP contribution in [0, 0.1) is 5.92 Å². The van der Waals surface area contributed by atoms with E-state index in [1.807, 2.05) is 7.11 Å². The second-order valence-electron chi connectivity index (χ2n) is 3.90. The van der Waals surface area contributed by atoms with E-state index in [9.17, 15) is 0 Å². The first-order chi connectivity index (χ1) is 5.79. The van der Waals surface area contributed by atoms with E-state index < -0.39 is 0 Å². The molecule has 0 bridgehead atoms. The summed E-state index contributed by atoms with van der Waals surface area (Å²) in [5.41, 5.74) is 3.08. The van der Waals surface area contributed by atoms with Crippen LogP contribution in [0.4, 0.5) is 0 Å². The molecule has 2 atom stereocenters. The van der Waals surface area contributed by atoms with Gasteiger partial charge >= 0.3 is 0 Å². The molecule has 0 aromatic carbocycles. The second-order valence-corrected chi connectivity index (χ2v) is 3.90. The van der Waals surface area contributed by atoms with E-state index in [-0.39, 0.29) is 0 Å². The average molecular weight is 164 g/mol. The summed E-state index contributed by atoms with van der Waals surface area (Å²) in [6.07, 6.45) is 8.73. The normalized spacial score (nSPS) is 34.2. The average Bonchev–Trinajstić information content (AvgIpc) is 2.46. The van der Waals surface area contributed by atoms with E-state index in [4.69, 9.17) is 4.74 Å². The number of hydrogen-bond acceptors (Lipinski definition) is 1. The maximum Gasteiger partial charge on any atom is 0.0651 e. The van der Waals surface area contributed by atoms with Crippen LogP contribution in [-0.2, 0) is 4.74 Å². The van der Waals surface area contributed by atoms with Gasteiger partial charge in [0.05, 0.1) is 6.10 Å². The molecule has 0 amide bonds. The maximum absolute atomic E-state index is 5.36. The van der Waals surface area contributed by atoms with Gasteiger partial charge in [-0.05, 0) is 36.3 Å². The van der Waals surface area contributed by atoms with E-state index in [1.54, 1.807) is 11.1 Å². The van der Waals surface area contributed by atoms with Crippen molar-refractivity contribution in [2.24, 2.45) is 5.92 Å². The van der Waals surface area contributed by atoms with Gasteiger partial charge in [-0.3, -0.25) is 0 Å². The third-order valence-corrected chi connectivity index (χ3v) is 2.86. The minimum Gasteiger partial charge on any atom is -0.381 e. The molecule has 0 radical (unpaired) electrons.